The van der Waals surface area contributed by atoms with Crippen LogP contribution in [0.5, 0.6) is 0 Å². The van der Waals surface area contributed by atoms with Crippen molar-refractivity contribution < 1.29 is 4.79 Å². The lowest BCUT2D eigenvalue weighted by Gasteiger charge is -2.35. The number of benzene rings is 1. The van der Waals surface area contributed by atoms with Crippen LogP contribution in [0.4, 0.5) is 5.69 Å². The fourth-order valence-electron chi connectivity index (χ4n) is 3.48. The number of hydrogen-bond donors (Lipinski definition) is 0. The van der Waals surface area contributed by atoms with Crippen LogP contribution >= 0.6 is 11.8 Å². The quantitative estimate of drug-likeness (QED) is 0.797. The number of piperazine rings is 1. The van der Waals surface area contributed by atoms with Crippen LogP contribution in [-0.4, -0.2) is 42.2 Å². The van der Waals surface area contributed by atoms with Gasteiger partial charge in [-0.2, -0.15) is 0 Å². The van der Waals surface area contributed by atoms with E-state index in [-0.39, 0.29) is 6.04 Å². The van der Waals surface area contributed by atoms with Crippen LogP contribution in [0.3, 0.4) is 0 Å². The second kappa shape index (κ2) is 5.41. The van der Waals surface area contributed by atoms with Crippen molar-refractivity contribution in [2.75, 3.05) is 24.2 Å². The molecule has 2 heterocycles. The molecular weight excluding hydrogens is 268 g/mol. The van der Waals surface area contributed by atoms with Gasteiger partial charge in [-0.05, 0) is 30.7 Å². The third kappa shape index (κ3) is 2.25. The summed E-state index contributed by atoms with van der Waals surface area (Å²) in [4.78, 5) is 18.3. The SMILES string of the molecule is CSc1ccccc1N1C(=O)[C@@H]2C[C@H]1CN2CC(C)C. The maximum Gasteiger partial charge on any atom is 0.244 e. The molecule has 0 unspecified atom stereocenters. The monoisotopic (exact) mass is 290 g/mol. The molecule has 2 bridgehead atoms. The highest BCUT2D eigenvalue weighted by atomic mass is 32.2. The molecule has 3 nitrogen and oxygen atoms in total. The molecule has 4 heteroatoms. The van der Waals surface area contributed by atoms with E-state index in [4.69, 9.17) is 0 Å². The predicted octanol–water partition coefficient (Wildman–Crippen LogP) is 2.85. The molecular formula is C16H22N2OS. The standard InChI is InChI=1S/C16H22N2OS/c1-11(2)9-17-10-12-8-14(17)16(19)18(12)13-6-4-5-7-15(13)20-3/h4-7,11-12,14H,8-10H2,1-3H3/t12-,14-/m0/s1. The molecule has 3 rings (SSSR count). The minimum Gasteiger partial charge on any atom is -0.306 e. The van der Waals surface area contributed by atoms with Gasteiger partial charge in [-0.1, -0.05) is 26.0 Å². The van der Waals surface area contributed by atoms with E-state index < -0.39 is 0 Å². The number of hydrogen-bond acceptors (Lipinski definition) is 3. The summed E-state index contributed by atoms with van der Waals surface area (Å²) in [7, 11) is 0. The third-order valence-electron chi connectivity index (χ3n) is 4.21. The van der Waals surface area contributed by atoms with Crippen molar-refractivity contribution in [2.24, 2.45) is 5.92 Å². The van der Waals surface area contributed by atoms with Gasteiger partial charge in [0, 0.05) is 18.0 Å². The first-order valence-electron chi connectivity index (χ1n) is 7.32. The summed E-state index contributed by atoms with van der Waals surface area (Å²) in [6.45, 7) is 6.50. The van der Waals surface area contributed by atoms with Crippen molar-refractivity contribution in [3.8, 4) is 0 Å². The Labute approximate surface area is 125 Å². The summed E-state index contributed by atoms with van der Waals surface area (Å²) in [6, 6.07) is 8.72. The van der Waals surface area contributed by atoms with Gasteiger partial charge in [-0.25, -0.2) is 0 Å². The maximum absolute atomic E-state index is 12.7. The first-order valence-corrected chi connectivity index (χ1v) is 8.54. The Morgan fingerprint density at radius 2 is 2.10 bits per heavy atom. The Morgan fingerprint density at radius 1 is 1.35 bits per heavy atom. The fraction of sp³-hybridized carbons (Fsp3) is 0.562. The van der Waals surface area contributed by atoms with Gasteiger partial charge in [0.25, 0.3) is 0 Å². The molecule has 2 aliphatic heterocycles. The van der Waals surface area contributed by atoms with E-state index in [1.807, 2.05) is 17.0 Å². The summed E-state index contributed by atoms with van der Waals surface area (Å²) in [5.41, 5.74) is 1.10. The molecule has 0 aromatic heterocycles. The number of rotatable bonds is 4. The average molecular weight is 290 g/mol. The molecule has 108 valence electrons. The van der Waals surface area contributed by atoms with Crippen molar-refractivity contribution in [1.82, 2.24) is 4.90 Å². The van der Waals surface area contributed by atoms with E-state index in [2.05, 4.69) is 37.1 Å². The number of anilines is 1. The van der Waals surface area contributed by atoms with Gasteiger partial charge in [-0.15, -0.1) is 11.8 Å². The van der Waals surface area contributed by atoms with Crippen LogP contribution in [0.25, 0.3) is 0 Å². The average Bonchev–Trinajstić information content (AvgIpc) is 2.95. The second-order valence-corrected chi connectivity index (χ2v) is 6.98. The topological polar surface area (TPSA) is 23.6 Å². The van der Waals surface area contributed by atoms with Crippen molar-refractivity contribution in [2.45, 2.75) is 37.2 Å². The van der Waals surface area contributed by atoms with E-state index in [9.17, 15) is 4.79 Å². The number of thioether (sulfide) groups is 1. The number of amides is 1. The zero-order valence-corrected chi connectivity index (χ0v) is 13.2. The molecule has 2 fully saturated rings. The molecule has 2 aliphatic rings. The minimum absolute atomic E-state index is 0.109. The van der Waals surface area contributed by atoms with Crippen molar-refractivity contribution >= 4 is 23.4 Å². The number of carbonyl (C=O) groups is 1. The lowest BCUT2D eigenvalue weighted by molar-refractivity contribution is -0.122. The number of nitrogens with zero attached hydrogens (tertiary/aromatic N) is 2. The second-order valence-electron chi connectivity index (χ2n) is 6.13. The first kappa shape index (κ1) is 14.0. The van der Waals surface area contributed by atoms with Crippen molar-refractivity contribution in [3.05, 3.63) is 24.3 Å². The molecule has 1 aromatic carbocycles. The molecule has 1 amide bonds. The highest BCUT2D eigenvalue weighted by Gasteiger charge is 2.50. The summed E-state index contributed by atoms with van der Waals surface area (Å²) in [6.07, 6.45) is 3.07. The number of para-hydroxylation sites is 1. The fourth-order valence-corrected chi connectivity index (χ4v) is 4.07. The van der Waals surface area contributed by atoms with Crippen LogP contribution in [0, 0.1) is 5.92 Å². The number of likely N-dealkylation sites (tertiary alicyclic amines) is 1. The summed E-state index contributed by atoms with van der Waals surface area (Å²) in [5.74, 6) is 0.914. The van der Waals surface area contributed by atoms with Crippen LogP contribution in [0.1, 0.15) is 20.3 Å². The molecule has 0 saturated carbocycles. The zero-order chi connectivity index (χ0) is 14.3. The van der Waals surface area contributed by atoms with E-state index >= 15 is 0 Å². The maximum atomic E-state index is 12.7. The van der Waals surface area contributed by atoms with Gasteiger partial charge in [0.1, 0.15) is 0 Å². The molecule has 0 aliphatic carbocycles. The summed E-state index contributed by atoms with van der Waals surface area (Å²) >= 11 is 1.72. The lowest BCUT2D eigenvalue weighted by atomic mass is 10.1. The Morgan fingerprint density at radius 3 is 2.75 bits per heavy atom. The molecule has 20 heavy (non-hydrogen) atoms. The van der Waals surface area contributed by atoms with Crippen LogP contribution in [0.15, 0.2) is 29.2 Å². The Bertz CT molecular complexity index is 517. The predicted molar refractivity (Wildman–Crippen MR) is 84.3 cm³/mol. The Hall–Kier alpha value is -1.00. The van der Waals surface area contributed by atoms with Crippen molar-refractivity contribution in [3.63, 3.8) is 0 Å². The molecule has 0 N–H and O–H groups in total. The molecule has 2 saturated heterocycles. The van der Waals surface area contributed by atoms with E-state index in [1.54, 1.807) is 11.8 Å². The minimum atomic E-state index is 0.109. The van der Waals surface area contributed by atoms with Gasteiger partial charge >= 0.3 is 0 Å². The Kier molecular flexibility index (Phi) is 3.78. The summed E-state index contributed by atoms with van der Waals surface area (Å²) < 4.78 is 0. The van der Waals surface area contributed by atoms with Gasteiger partial charge < -0.3 is 4.90 Å². The first-order chi connectivity index (χ1) is 9.61. The van der Waals surface area contributed by atoms with Crippen LogP contribution in [-0.2, 0) is 4.79 Å². The highest BCUT2D eigenvalue weighted by Crippen LogP contribution is 2.39. The van der Waals surface area contributed by atoms with Gasteiger partial charge in [-0.3, -0.25) is 9.69 Å². The van der Waals surface area contributed by atoms with Gasteiger partial charge in [0.05, 0.1) is 17.8 Å². The number of carbonyl (C=O) groups excluding carboxylic acids is 1. The van der Waals surface area contributed by atoms with E-state index in [0.717, 1.165) is 25.2 Å². The summed E-state index contributed by atoms with van der Waals surface area (Å²) in [5, 5.41) is 0. The lowest BCUT2D eigenvalue weighted by Crippen LogP contribution is -2.51. The van der Waals surface area contributed by atoms with Gasteiger partial charge in [0.15, 0.2) is 0 Å². The smallest absolute Gasteiger partial charge is 0.244 e. The zero-order valence-electron chi connectivity index (χ0n) is 12.4. The number of fused-ring (bicyclic) bond motifs is 2. The van der Waals surface area contributed by atoms with Crippen molar-refractivity contribution in [1.29, 1.82) is 0 Å². The van der Waals surface area contributed by atoms with Gasteiger partial charge in [0.2, 0.25) is 5.91 Å². The van der Waals surface area contributed by atoms with Crippen LogP contribution in [0.2, 0.25) is 0 Å². The normalized spacial score (nSPS) is 26.0. The molecule has 0 radical (unpaired) electrons. The molecule has 1 aromatic rings. The largest absolute Gasteiger partial charge is 0.306 e. The van der Waals surface area contributed by atoms with E-state index in [1.165, 1.54) is 4.90 Å². The van der Waals surface area contributed by atoms with Crippen LogP contribution < -0.4 is 4.90 Å². The molecule has 2 atom stereocenters. The van der Waals surface area contributed by atoms with E-state index in [0.29, 0.717) is 17.9 Å². The third-order valence-corrected chi connectivity index (χ3v) is 5.00. The highest BCUT2D eigenvalue weighted by molar-refractivity contribution is 7.98. The molecule has 0 spiro atoms. The Balaban J connectivity index is 1.84.